The summed E-state index contributed by atoms with van der Waals surface area (Å²) in [5.41, 5.74) is 1.66. The van der Waals surface area contributed by atoms with Crippen LogP contribution in [0.5, 0.6) is 0 Å². The van der Waals surface area contributed by atoms with Crippen LogP contribution in [0.15, 0.2) is 53.9 Å². The highest BCUT2D eigenvalue weighted by Crippen LogP contribution is 2.19. The predicted molar refractivity (Wildman–Crippen MR) is 111 cm³/mol. The second-order valence-electron chi connectivity index (χ2n) is 5.72. The second kappa shape index (κ2) is 8.64. The molecule has 0 aliphatic heterocycles. The first-order valence-electron chi connectivity index (χ1n) is 8.12. The largest absolute Gasteiger partial charge is 0.325 e. The molecule has 0 aliphatic carbocycles. The SMILES string of the molecule is CC(=O)c1cccc(NC(=O)c2csc(NC(=O)Nc3cccc(Cl)c3)n2)c1. The van der Waals surface area contributed by atoms with E-state index in [1.807, 2.05) is 0 Å². The van der Waals surface area contributed by atoms with E-state index in [0.717, 1.165) is 11.3 Å². The van der Waals surface area contributed by atoms with Gasteiger partial charge in [0.25, 0.3) is 5.91 Å². The highest BCUT2D eigenvalue weighted by molar-refractivity contribution is 7.14. The second-order valence-corrected chi connectivity index (χ2v) is 7.01. The van der Waals surface area contributed by atoms with E-state index in [-0.39, 0.29) is 16.6 Å². The van der Waals surface area contributed by atoms with Crippen molar-refractivity contribution in [3.63, 3.8) is 0 Å². The van der Waals surface area contributed by atoms with Gasteiger partial charge in [-0.1, -0.05) is 29.8 Å². The standard InChI is InChI=1S/C19H15ClN4O3S/c1-11(25)12-4-2-6-14(8-12)21-17(26)16-10-28-19(23-16)24-18(27)22-15-7-3-5-13(20)9-15/h2-10H,1H3,(H,21,26)(H2,22,23,24,27). The van der Waals surface area contributed by atoms with Gasteiger partial charge in [0.15, 0.2) is 10.9 Å². The number of carbonyl (C=O) groups is 3. The van der Waals surface area contributed by atoms with Crippen molar-refractivity contribution in [3.05, 3.63) is 70.2 Å². The lowest BCUT2D eigenvalue weighted by Gasteiger charge is -2.06. The number of nitrogens with zero attached hydrogens (tertiary/aromatic N) is 1. The third-order valence-corrected chi connectivity index (χ3v) is 4.56. The van der Waals surface area contributed by atoms with Gasteiger partial charge < -0.3 is 10.6 Å². The number of halogens is 1. The number of Topliss-reactive ketones (excluding diaryl/α,β-unsaturated/α-hetero) is 1. The molecular formula is C19H15ClN4O3S. The van der Waals surface area contributed by atoms with Crippen molar-refractivity contribution < 1.29 is 14.4 Å². The van der Waals surface area contributed by atoms with Gasteiger partial charge in [0.05, 0.1) is 0 Å². The minimum Gasteiger partial charge on any atom is -0.321 e. The molecular weight excluding hydrogens is 400 g/mol. The molecule has 7 nitrogen and oxygen atoms in total. The summed E-state index contributed by atoms with van der Waals surface area (Å²) in [6.45, 7) is 1.45. The maximum Gasteiger partial charge on any atom is 0.325 e. The van der Waals surface area contributed by atoms with Crippen LogP contribution in [-0.2, 0) is 0 Å². The summed E-state index contributed by atoms with van der Waals surface area (Å²) in [6.07, 6.45) is 0. The maximum absolute atomic E-state index is 12.3. The van der Waals surface area contributed by atoms with E-state index in [0.29, 0.717) is 22.0 Å². The first kappa shape index (κ1) is 19.5. The molecule has 0 radical (unpaired) electrons. The molecule has 0 saturated heterocycles. The third kappa shape index (κ3) is 5.15. The van der Waals surface area contributed by atoms with E-state index in [4.69, 9.17) is 11.6 Å². The first-order valence-corrected chi connectivity index (χ1v) is 9.38. The summed E-state index contributed by atoms with van der Waals surface area (Å²) < 4.78 is 0. The molecule has 1 aromatic heterocycles. The third-order valence-electron chi connectivity index (χ3n) is 3.57. The van der Waals surface area contributed by atoms with Crippen molar-refractivity contribution in [2.75, 3.05) is 16.0 Å². The number of rotatable bonds is 5. The van der Waals surface area contributed by atoms with Crippen LogP contribution in [0.1, 0.15) is 27.8 Å². The quantitative estimate of drug-likeness (QED) is 0.517. The zero-order valence-electron chi connectivity index (χ0n) is 14.7. The molecule has 0 saturated carbocycles. The Morgan fingerprint density at radius 2 is 1.68 bits per heavy atom. The Hall–Kier alpha value is -3.23. The Balaban J connectivity index is 1.61. The summed E-state index contributed by atoms with van der Waals surface area (Å²) in [6, 6.07) is 12.8. The smallest absolute Gasteiger partial charge is 0.321 e. The number of aromatic nitrogens is 1. The molecule has 0 atom stereocenters. The Bertz CT molecular complexity index is 1050. The minimum absolute atomic E-state index is 0.0954. The Morgan fingerprint density at radius 3 is 2.39 bits per heavy atom. The molecule has 2 aromatic carbocycles. The van der Waals surface area contributed by atoms with Crippen molar-refractivity contribution in [3.8, 4) is 0 Å². The van der Waals surface area contributed by atoms with Crippen LogP contribution >= 0.6 is 22.9 Å². The van der Waals surface area contributed by atoms with Gasteiger partial charge in [-0.2, -0.15) is 0 Å². The van der Waals surface area contributed by atoms with Gasteiger partial charge in [-0.15, -0.1) is 11.3 Å². The maximum atomic E-state index is 12.3. The van der Waals surface area contributed by atoms with Gasteiger partial charge in [0, 0.05) is 27.3 Å². The van der Waals surface area contributed by atoms with Crippen LogP contribution in [0.4, 0.5) is 21.3 Å². The fraction of sp³-hybridized carbons (Fsp3) is 0.0526. The first-order chi connectivity index (χ1) is 13.4. The van der Waals surface area contributed by atoms with Gasteiger partial charge in [0.2, 0.25) is 0 Å². The average molecular weight is 415 g/mol. The normalized spacial score (nSPS) is 10.2. The number of nitrogens with one attached hydrogen (secondary N) is 3. The van der Waals surface area contributed by atoms with Crippen molar-refractivity contribution >= 4 is 57.2 Å². The Labute approximate surface area is 169 Å². The van der Waals surface area contributed by atoms with Gasteiger partial charge in [0.1, 0.15) is 5.69 Å². The van der Waals surface area contributed by atoms with Crippen LogP contribution in [0, 0.1) is 0 Å². The minimum atomic E-state index is -0.502. The average Bonchev–Trinajstić information content (AvgIpc) is 3.10. The summed E-state index contributed by atoms with van der Waals surface area (Å²) in [4.78, 5) is 39.9. The molecule has 3 aromatic rings. The van der Waals surface area contributed by atoms with Crippen LogP contribution in [0.2, 0.25) is 5.02 Å². The summed E-state index contributed by atoms with van der Waals surface area (Å²) in [7, 11) is 0. The van der Waals surface area contributed by atoms with Crippen molar-refractivity contribution in [2.45, 2.75) is 6.92 Å². The predicted octanol–water partition coefficient (Wildman–Crippen LogP) is 4.90. The number of benzene rings is 2. The molecule has 1 heterocycles. The summed E-state index contributed by atoms with van der Waals surface area (Å²) in [5, 5.41) is 10.2. The number of urea groups is 1. The number of amides is 3. The van der Waals surface area contributed by atoms with Gasteiger partial charge in [-0.25, -0.2) is 9.78 Å². The van der Waals surface area contributed by atoms with E-state index >= 15 is 0 Å². The molecule has 28 heavy (non-hydrogen) atoms. The fourth-order valence-corrected chi connectivity index (χ4v) is 3.15. The Kier molecular flexibility index (Phi) is 6.03. The monoisotopic (exact) mass is 414 g/mol. The van der Waals surface area contributed by atoms with E-state index in [1.165, 1.54) is 12.3 Å². The molecule has 0 spiro atoms. The Morgan fingerprint density at radius 1 is 0.964 bits per heavy atom. The molecule has 0 aliphatic rings. The van der Waals surface area contributed by atoms with Crippen molar-refractivity contribution in [2.24, 2.45) is 0 Å². The highest BCUT2D eigenvalue weighted by Gasteiger charge is 2.13. The zero-order valence-corrected chi connectivity index (χ0v) is 16.2. The molecule has 3 amide bonds. The lowest BCUT2D eigenvalue weighted by Crippen LogP contribution is -2.19. The molecule has 142 valence electrons. The van der Waals surface area contributed by atoms with E-state index < -0.39 is 11.9 Å². The van der Waals surface area contributed by atoms with E-state index in [1.54, 1.807) is 48.5 Å². The highest BCUT2D eigenvalue weighted by atomic mass is 35.5. The van der Waals surface area contributed by atoms with Gasteiger partial charge >= 0.3 is 6.03 Å². The molecule has 3 N–H and O–H groups in total. The molecule has 0 bridgehead atoms. The van der Waals surface area contributed by atoms with Gasteiger partial charge in [-0.05, 0) is 37.3 Å². The lowest BCUT2D eigenvalue weighted by molar-refractivity contribution is 0.100. The summed E-state index contributed by atoms with van der Waals surface area (Å²) in [5.74, 6) is -0.540. The number of anilines is 3. The lowest BCUT2D eigenvalue weighted by atomic mass is 10.1. The summed E-state index contributed by atoms with van der Waals surface area (Å²) >= 11 is 6.99. The molecule has 0 fully saturated rings. The number of ketones is 1. The van der Waals surface area contributed by atoms with Crippen LogP contribution in [0.3, 0.4) is 0 Å². The number of thiazole rings is 1. The van der Waals surface area contributed by atoms with E-state index in [9.17, 15) is 14.4 Å². The zero-order chi connectivity index (χ0) is 20.1. The van der Waals surface area contributed by atoms with Crippen LogP contribution in [-0.4, -0.2) is 22.7 Å². The van der Waals surface area contributed by atoms with Crippen molar-refractivity contribution in [1.29, 1.82) is 0 Å². The molecule has 0 unspecified atom stereocenters. The molecule has 3 rings (SSSR count). The van der Waals surface area contributed by atoms with E-state index in [2.05, 4.69) is 20.9 Å². The number of carbonyl (C=O) groups excluding carboxylic acids is 3. The molecule has 9 heteroatoms. The van der Waals surface area contributed by atoms with Crippen LogP contribution in [0.25, 0.3) is 0 Å². The fourth-order valence-electron chi connectivity index (χ4n) is 2.27. The van der Waals surface area contributed by atoms with Crippen LogP contribution < -0.4 is 16.0 Å². The van der Waals surface area contributed by atoms with Crippen molar-refractivity contribution in [1.82, 2.24) is 4.98 Å². The number of hydrogen-bond acceptors (Lipinski definition) is 5. The number of hydrogen-bond donors (Lipinski definition) is 3. The topological polar surface area (TPSA) is 100 Å². The van der Waals surface area contributed by atoms with Gasteiger partial charge in [-0.3, -0.25) is 14.9 Å².